The average molecular weight is 208 g/mol. The van der Waals surface area contributed by atoms with Gasteiger partial charge in [0.25, 0.3) is 0 Å². The van der Waals surface area contributed by atoms with E-state index in [1.54, 1.807) is 6.07 Å². The van der Waals surface area contributed by atoms with Crippen molar-refractivity contribution in [3.63, 3.8) is 0 Å². The van der Waals surface area contributed by atoms with E-state index in [2.05, 4.69) is 0 Å². The zero-order chi connectivity index (χ0) is 11.4. The second kappa shape index (κ2) is 4.28. The molecular formula is C9H8N2O4. The monoisotopic (exact) mass is 208 g/mol. The minimum Gasteiger partial charge on any atom is -0.495 e. The molecule has 0 atom stereocenters. The fourth-order valence-electron chi connectivity index (χ4n) is 1.18. The van der Waals surface area contributed by atoms with Crippen LogP contribution in [0.25, 0.3) is 0 Å². The minimum absolute atomic E-state index is 0.0224. The number of methoxy groups -OCH3 is 2. The summed E-state index contributed by atoms with van der Waals surface area (Å²) in [6, 6.07) is 4.40. The molecule has 1 rings (SSSR count). The van der Waals surface area contributed by atoms with E-state index in [0.717, 1.165) is 0 Å². The van der Waals surface area contributed by atoms with Crippen LogP contribution < -0.4 is 9.47 Å². The first kappa shape index (κ1) is 10.8. The number of hydrogen-bond acceptors (Lipinski definition) is 5. The molecule has 0 radical (unpaired) electrons. The molecule has 6 heteroatoms. The Morgan fingerprint density at radius 1 is 1.40 bits per heavy atom. The third-order valence-electron chi connectivity index (χ3n) is 1.83. The van der Waals surface area contributed by atoms with Crippen LogP contribution in [-0.2, 0) is 0 Å². The number of nitro groups is 1. The summed E-state index contributed by atoms with van der Waals surface area (Å²) in [6.45, 7) is 0. The van der Waals surface area contributed by atoms with Crippen molar-refractivity contribution in [2.75, 3.05) is 14.2 Å². The van der Waals surface area contributed by atoms with Gasteiger partial charge >= 0.3 is 5.69 Å². The number of nitro benzene ring substituents is 1. The van der Waals surface area contributed by atoms with Crippen LogP contribution in [0.3, 0.4) is 0 Å². The molecule has 0 fully saturated rings. The minimum atomic E-state index is -0.612. The maximum atomic E-state index is 10.6. The summed E-state index contributed by atoms with van der Waals surface area (Å²) in [4.78, 5) is 10.0. The third kappa shape index (κ3) is 1.81. The standard InChI is InChI=1S/C9H8N2O4/c1-14-8-4-3-7(11(12)13)9(15-2)6(8)5-10/h3-4H,1-2H3. The van der Waals surface area contributed by atoms with Gasteiger partial charge in [-0.3, -0.25) is 10.1 Å². The van der Waals surface area contributed by atoms with Gasteiger partial charge in [-0.1, -0.05) is 0 Å². The predicted molar refractivity (Wildman–Crippen MR) is 50.9 cm³/mol. The Morgan fingerprint density at radius 2 is 2.07 bits per heavy atom. The van der Waals surface area contributed by atoms with Crippen LogP contribution in [0.15, 0.2) is 12.1 Å². The van der Waals surface area contributed by atoms with Crippen molar-refractivity contribution in [2.45, 2.75) is 0 Å². The van der Waals surface area contributed by atoms with Gasteiger partial charge in [0.1, 0.15) is 17.4 Å². The molecule has 15 heavy (non-hydrogen) atoms. The molecule has 0 saturated carbocycles. The molecule has 0 N–H and O–H groups in total. The van der Waals surface area contributed by atoms with E-state index in [1.165, 1.54) is 26.4 Å². The van der Waals surface area contributed by atoms with E-state index in [9.17, 15) is 10.1 Å². The molecule has 0 heterocycles. The maximum Gasteiger partial charge on any atom is 0.312 e. The molecule has 0 amide bonds. The van der Waals surface area contributed by atoms with Crippen molar-refractivity contribution >= 4 is 5.69 Å². The highest BCUT2D eigenvalue weighted by Crippen LogP contribution is 2.36. The number of benzene rings is 1. The molecule has 0 spiro atoms. The fraction of sp³-hybridized carbons (Fsp3) is 0.222. The topological polar surface area (TPSA) is 85.4 Å². The number of hydrogen-bond donors (Lipinski definition) is 0. The zero-order valence-electron chi connectivity index (χ0n) is 8.18. The lowest BCUT2D eigenvalue weighted by atomic mass is 10.1. The summed E-state index contributed by atoms with van der Waals surface area (Å²) in [7, 11) is 2.64. The van der Waals surface area contributed by atoms with E-state index < -0.39 is 4.92 Å². The summed E-state index contributed by atoms with van der Waals surface area (Å²) in [5.74, 6) is 0.168. The van der Waals surface area contributed by atoms with Crippen LogP contribution in [0.5, 0.6) is 11.5 Å². The van der Waals surface area contributed by atoms with Crippen molar-refractivity contribution in [1.82, 2.24) is 0 Å². The predicted octanol–water partition coefficient (Wildman–Crippen LogP) is 1.48. The molecule has 0 aliphatic rings. The van der Waals surface area contributed by atoms with Crippen molar-refractivity contribution in [3.05, 3.63) is 27.8 Å². The largest absolute Gasteiger partial charge is 0.495 e. The molecule has 0 bridgehead atoms. The Bertz CT molecular complexity index is 436. The summed E-state index contributed by atoms with van der Waals surface area (Å²) in [5, 5.41) is 19.5. The second-order valence-corrected chi connectivity index (χ2v) is 2.56. The number of rotatable bonds is 3. The molecule has 0 aliphatic heterocycles. The highest BCUT2D eigenvalue weighted by atomic mass is 16.6. The third-order valence-corrected chi connectivity index (χ3v) is 1.83. The molecule has 0 saturated heterocycles. The molecule has 6 nitrogen and oxygen atoms in total. The highest BCUT2D eigenvalue weighted by Gasteiger charge is 2.22. The first-order valence-corrected chi connectivity index (χ1v) is 3.95. The van der Waals surface area contributed by atoms with Gasteiger partial charge in [0.05, 0.1) is 19.1 Å². The highest BCUT2D eigenvalue weighted by molar-refractivity contribution is 5.62. The summed E-state index contributed by atoms with van der Waals surface area (Å²) in [6.07, 6.45) is 0. The van der Waals surface area contributed by atoms with E-state index >= 15 is 0 Å². The Morgan fingerprint density at radius 3 is 2.47 bits per heavy atom. The lowest BCUT2D eigenvalue weighted by Crippen LogP contribution is -1.98. The molecule has 0 aliphatic carbocycles. The van der Waals surface area contributed by atoms with E-state index in [1.807, 2.05) is 0 Å². The van der Waals surface area contributed by atoms with Crippen LogP contribution in [0, 0.1) is 21.4 Å². The van der Waals surface area contributed by atoms with Gasteiger partial charge in [0, 0.05) is 6.07 Å². The van der Waals surface area contributed by atoms with Crippen molar-refractivity contribution in [3.8, 4) is 17.6 Å². The molecule has 1 aromatic rings. The number of nitrogens with zero attached hydrogens (tertiary/aromatic N) is 2. The Kier molecular flexibility index (Phi) is 3.08. The average Bonchev–Trinajstić information content (AvgIpc) is 2.26. The zero-order valence-corrected chi connectivity index (χ0v) is 8.18. The summed E-state index contributed by atoms with van der Waals surface area (Å²) < 4.78 is 9.72. The fourth-order valence-corrected chi connectivity index (χ4v) is 1.18. The van der Waals surface area contributed by atoms with Gasteiger partial charge < -0.3 is 9.47 Å². The smallest absolute Gasteiger partial charge is 0.312 e. The normalized spacial score (nSPS) is 9.13. The molecular weight excluding hydrogens is 200 g/mol. The van der Waals surface area contributed by atoms with E-state index in [4.69, 9.17) is 14.7 Å². The summed E-state index contributed by atoms with van der Waals surface area (Å²) >= 11 is 0. The maximum absolute atomic E-state index is 10.6. The first-order valence-electron chi connectivity index (χ1n) is 3.95. The lowest BCUT2D eigenvalue weighted by Gasteiger charge is -2.07. The van der Waals surface area contributed by atoms with Gasteiger partial charge in [0.15, 0.2) is 0 Å². The second-order valence-electron chi connectivity index (χ2n) is 2.56. The number of ether oxygens (including phenoxy) is 2. The molecule has 1 aromatic carbocycles. The number of nitriles is 1. The van der Waals surface area contributed by atoms with Crippen molar-refractivity contribution in [2.24, 2.45) is 0 Å². The quantitative estimate of drug-likeness (QED) is 0.554. The van der Waals surface area contributed by atoms with Crippen molar-refractivity contribution in [1.29, 1.82) is 5.26 Å². The van der Waals surface area contributed by atoms with Gasteiger partial charge in [-0.15, -0.1) is 0 Å². The Balaban J connectivity index is 3.50. The molecule has 78 valence electrons. The van der Waals surface area contributed by atoms with E-state index in [-0.39, 0.29) is 22.7 Å². The Labute approximate surface area is 85.8 Å². The Hall–Kier alpha value is -2.29. The molecule has 0 unspecified atom stereocenters. The van der Waals surface area contributed by atoms with E-state index in [0.29, 0.717) is 0 Å². The van der Waals surface area contributed by atoms with Gasteiger partial charge in [-0.2, -0.15) is 5.26 Å². The van der Waals surface area contributed by atoms with Crippen LogP contribution in [0.2, 0.25) is 0 Å². The van der Waals surface area contributed by atoms with Gasteiger partial charge in [-0.05, 0) is 6.07 Å². The van der Waals surface area contributed by atoms with Crippen molar-refractivity contribution < 1.29 is 14.4 Å². The van der Waals surface area contributed by atoms with Crippen LogP contribution in [-0.4, -0.2) is 19.1 Å². The lowest BCUT2D eigenvalue weighted by molar-refractivity contribution is -0.385. The SMILES string of the molecule is COc1ccc([N+](=O)[O-])c(OC)c1C#N. The van der Waals surface area contributed by atoms with Crippen LogP contribution in [0.1, 0.15) is 5.56 Å². The van der Waals surface area contributed by atoms with Gasteiger partial charge in [0.2, 0.25) is 5.75 Å². The first-order chi connectivity index (χ1) is 7.15. The molecule has 0 aromatic heterocycles. The van der Waals surface area contributed by atoms with Crippen LogP contribution in [0.4, 0.5) is 5.69 Å². The van der Waals surface area contributed by atoms with Crippen LogP contribution >= 0.6 is 0 Å². The van der Waals surface area contributed by atoms with Gasteiger partial charge in [-0.25, -0.2) is 0 Å². The summed E-state index contributed by atoms with van der Waals surface area (Å²) in [5.41, 5.74) is -0.232.